The second-order valence-corrected chi connectivity index (χ2v) is 6.23. The first-order valence-electron chi connectivity index (χ1n) is 7.39. The van der Waals surface area contributed by atoms with E-state index >= 15 is 0 Å². The van der Waals surface area contributed by atoms with Gasteiger partial charge in [0.1, 0.15) is 12.4 Å². The quantitative estimate of drug-likeness (QED) is 0.884. The molecule has 1 aliphatic carbocycles. The molecule has 0 spiro atoms. The summed E-state index contributed by atoms with van der Waals surface area (Å²) in [5.41, 5.74) is 2.84. The Balaban J connectivity index is 1.80. The maximum absolute atomic E-state index is 6.06. The third-order valence-electron chi connectivity index (χ3n) is 3.86. The van der Waals surface area contributed by atoms with Crippen LogP contribution in [0.5, 0.6) is 5.75 Å². The van der Waals surface area contributed by atoms with Crippen molar-refractivity contribution in [2.75, 3.05) is 6.54 Å². The number of thiophene rings is 1. The monoisotopic (exact) mass is 287 g/mol. The number of rotatable bonds is 5. The van der Waals surface area contributed by atoms with E-state index in [0.29, 0.717) is 12.6 Å². The summed E-state index contributed by atoms with van der Waals surface area (Å²) in [4.78, 5) is 1.28. The largest absolute Gasteiger partial charge is 0.488 e. The molecule has 106 valence electrons. The standard InChI is InChI=1S/C17H21NOS/c1-2-18-16-9-3-8-15-14(16)7-4-10-17(15)19-12-13-6-5-11-20-13/h4-7,10-11,16,18H,2-3,8-9,12H2,1H3. The molecule has 0 fully saturated rings. The van der Waals surface area contributed by atoms with E-state index in [0.717, 1.165) is 18.7 Å². The lowest BCUT2D eigenvalue weighted by Gasteiger charge is -2.27. The van der Waals surface area contributed by atoms with E-state index in [1.165, 1.54) is 28.8 Å². The predicted molar refractivity (Wildman–Crippen MR) is 84.4 cm³/mol. The molecule has 1 aliphatic rings. The van der Waals surface area contributed by atoms with E-state index in [1.807, 2.05) is 0 Å². The Labute approximate surface area is 124 Å². The van der Waals surface area contributed by atoms with Crippen molar-refractivity contribution in [3.05, 3.63) is 51.7 Å². The van der Waals surface area contributed by atoms with Crippen LogP contribution >= 0.6 is 11.3 Å². The van der Waals surface area contributed by atoms with Gasteiger partial charge >= 0.3 is 0 Å². The Bertz CT molecular complexity index is 550. The first kappa shape index (κ1) is 13.7. The van der Waals surface area contributed by atoms with Gasteiger partial charge in [0.05, 0.1) is 0 Å². The molecule has 1 aromatic heterocycles. The number of ether oxygens (including phenoxy) is 1. The van der Waals surface area contributed by atoms with Crippen molar-refractivity contribution in [3.63, 3.8) is 0 Å². The van der Waals surface area contributed by atoms with E-state index in [4.69, 9.17) is 4.74 Å². The van der Waals surface area contributed by atoms with Crippen molar-refractivity contribution in [3.8, 4) is 5.75 Å². The molecule has 1 unspecified atom stereocenters. The minimum absolute atomic E-state index is 0.494. The van der Waals surface area contributed by atoms with Crippen LogP contribution in [0.25, 0.3) is 0 Å². The Kier molecular flexibility index (Phi) is 4.38. The Morgan fingerprint density at radius 1 is 1.30 bits per heavy atom. The highest BCUT2D eigenvalue weighted by Gasteiger charge is 2.21. The molecule has 1 atom stereocenters. The smallest absolute Gasteiger partial charge is 0.123 e. The minimum Gasteiger partial charge on any atom is -0.488 e. The second kappa shape index (κ2) is 6.42. The molecule has 1 heterocycles. The van der Waals surface area contributed by atoms with E-state index in [2.05, 4.69) is 48.0 Å². The average Bonchev–Trinajstić information content (AvgIpc) is 2.99. The van der Waals surface area contributed by atoms with Gasteiger partial charge in [-0.25, -0.2) is 0 Å². The van der Waals surface area contributed by atoms with Crippen LogP contribution in [-0.2, 0) is 13.0 Å². The molecule has 3 rings (SSSR count). The van der Waals surface area contributed by atoms with Gasteiger partial charge in [0, 0.05) is 10.9 Å². The zero-order valence-electron chi connectivity index (χ0n) is 11.9. The molecule has 20 heavy (non-hydrogen) atoms. The molecule has 2 aromatic rings. The van der Waals surface area contributed by atoms with E-state index < -0.39 is 0 Å². The first-order chi connectivity index (χ1) is 9.88. The molecule has 0 saturated heterocycles. The molecule has 0 saturated carbocycles. The minimum atomic E-state index is 0.494. The molecule has 3 heteroatoms. The van der Waals surface area contributed by atoms with Crippen molar-refractivity contribution >= 4 is 11.3 Å². The highest BCUT2D eigenvalue weighted by Crippen LogP contribution is 2.35. The second-order valence-electron chi connectivity index (χ2n) is 5.19. The zero-order chi connectivity index (χ0) is 13.8. The van der Waals surface area contributed by atoms with E-state index in [1.54, 1.807) is 11.3 Å². The van der Waals surface area contributed by atoms with Crippen LogP contribution < -0.4 is 10.1 Å². The molecule has 0 radical (unpaired) electrons. The summed E-state index contributed by atoms with van der Waals surface area (Å²) < 4.78 is 6.06. The van der Waals surface area contributed by atoms with Crippen LogP contribution in [-0.4, -0.2) is 6.54 Å². The number of nitrogens with one attached hydrogen (secondary N) is 1. The van der Waals surface area contributed by atoms with Gasteiger partial charge in [-0.3, -0.25) is 0 Å². The van der Waals surface area contributed by atoms with Gasteiger partial charge in [0.2, 0.25) is 0 Å². The van der Waals surface area contributed by atoms with Crippen LogP contribution in [0.1, 0.15) is 41.8 Å². The van der Waals surface area contributed by atoms with Crippen molar-refractivity contribution in [2.45, 2.75) is 38.8 Å². The Hall–Kier alpha value is -1.32. The van der Waals surface area contributed by atoms with Crippen molar-refractivity contribution in [2.24, 2.45) is 0 Å². The Morgan fingerprint density at radius 3 is 3.05 bits per heavy atom. The lowest BCUT2D eigenvalue weighted by Crippen LogP contribution is -2.25. The number of hydrogen-bond donors (Lipinski definition) is 1. The topological polar surface area (TPSA) is 21.3 Å². The van der Waals surface area contributed by atoms with Gasteiger partial charge < -0.3 is 10.1 Å². The number of fused-ring (bicyclic) bond motifs is 1. The lowest BCUT2D eigenvalue weighted by molar-refractivity contribution is 0.303. The molecule has 0 aliphatic heterocycles. The summed E-state index contributed by atoms with van der Waals surface area (Å²) in [6.45, 7) is 3.87. The number of hydrogen-bond acceptors (Lipinski definition) is 3. The molecule has 1 aromatic carbocycles. The summed E-state index contributed by atoms with van der Waals surface area (Å²) in [5, 5.41) is 5.68. The van der Waals surface area contributed by atoms with E-state index in [-0.39, 0.29) is 0 Å². The normalized spacial score (nSPS) is 17.8. The van der Waals surface area contributed by atoms with Crippen LogP contribution in [0.3, 0.4) is 0 Å². The van der Waals surface area contributed by atoms with Gasteiger partial charge in [0.15, 0.2) is 0 Å². The van der Waals surface area contributed by atoms with Crippen molar-refractivity contribution in [1.82, 2.24) is 5.32 Å². The molecular weight excluding hydrogens is 266 g/mol. The Morgan fingerprint density at radius 2 is 2.25 bits per heavy atom. The SMILES string of the molecule is CCNC1CCCc2c(OCc3cccs3)cccc21. The highest BCUT2D eigenvalue weighted by molar-refractivity contribution is 7.09. The van der Waals surface area contributed by atoms with Gasteiger partial charge in [-0.15, -0.1) is 11.3 Å². The van der Waals surface area contributed by atoms with Crippen LogP contribution in [0, 0.1) is 0 Å². The third-order valence-corrected chi connectivity index (χ3v) is 4.71. The van der Waals surface area contributed by atoms with Crippen LogP contribution in [0.15, 0.2) is 35.7 Å². The fraction of sp³-hybridized carbons (Fsp3) is 0.412. The molecule has 1 N–H and O–H groups in total. The zero-order valence-corrected chi connectivity index (χ0v) is 12.7. The summed E-state index contributed by atoms with van der Waals surface area (Å²) in [6, 6.07) is 11.2. The summed E-state index contributed by atoms with van der Waals surface area (Å²) in [6.07, 6.45) is 3.61. The summed E-state index contributed by atoms with van der Waals surface area (Å²) >= 11 is 1.75. The number of benzene rings is 1. The highest BCUT2D eigenvalue weighted by atomic mass is 32.1. The molecule has 2 nitrogen and oxygen atoms in total. The van der Waals surface area contributed by atoms with Crippen LogP contribution in [0.2, 0.25) is 0 Å². The van der Waals surface area contributed by atoms with Gasteiger partial charge in [-0.05, 0) is 54.4 Å². The fourth-order valence-corrected chi connectivity index (χ4v) is 3.57. The summed E-state index contributed by atoms with van der Waals surface area (Å²) in [7, 11) is 0. The molecular formula is C17H21NOS. The van der Waals surface area contributed by atoms with Crippen LogP contribution in [0.4, 0.5) is 0 Å². The molecule has 0 amide bonds. The van der Waals surface area contributed by atoms with Gasteiger partial charge in [0.25, 0.3) is 0 Å². The van der Waals surface area contributed by atoms with E-state index in [9.17, 15) is 0 Å². The maximum atomic E-state index is 6.06. The average molecular weight is 287 g/mol. The third kappa shape index (κ3) is 2.89. The lowest BCUT2D eigenvalue weighted by atomic mass is 9.87. The predicted octanol–water partition coefficient (Wildman–Crippen LogP) is 4.31. The van der Waals surface area contributed by atoms with Gasteiger partial charge in [-0.1, -0.05) is 25.1 Å². The maximum Gasteiger partial charge on any atom is 0.123 e. The summed E-state index contributed by atoms with van der Waals surface area (Å²) in [5.74, 6) is 1.07. The fourth-order valence-electron chi connectivity index (χ4n) is 2.95. The van der Waals surface area contributed by atoms with Crippen molar-refractivity contribution in [1.29, 1.82) is 0 Å². The first-order valence-corrected chi connectivity index (χ1v) is 8.27. The van der Waals surface area contributed by atoms with Gasteiger partial charge in [-0.2, -0.15) is 0 Å². The van der Waals surface area contributed by atoms with Crippen molar-refractivity contribution < 1.29 is 4.74 Å². The molecule has 0 bridgehead atoms.